The van der Waals surface area contributed by atoms with Crippen molar-refractivity contribution in [2.24, 2.45) is 5.92 Å². The fourth-order valence-electron chi connectivity index (χ4n) is 2.35. The summed E-state index contributed by atoms with van der Waals surface area (Å²) in [5.41, 5.74) is 1.62. The molecule has 0 heterocycles. The molecular formula is C13H15FO. The quantitative estimate of drug-likeness (QED) is 0.725. The lowest BCUT2D eigenvalue weighted by atomic mass is 9.81. The van der Waals surface area contributed by atoms with Crippen LogP contribution in [0.5, 0.6) is 0 Å². The predicted octanol–water partition coefficient (Wildman–Crippen LogP) is 3.37. The number of hydrogen-bond acceptors (Lipinski definition) is 1. The first kappa shape index (κ1) is 10.3. The SMILES string of the molecule is CCCC1CC(=O)c2cc(F)ccc2C1. The molecule has 0 bridgehead atoms. The number of carbonyl (C=O) groups is 1. The molecule has 15 heavy (non-hydrogen) atoms. The molecule has 80 valence electrons. The van der Waals surface area contributed by atoms with Crippen molar-refractivity contribution in [3.8, 4) is 0 Å². The fraction of sp³-hybridized carbons (Fsp3) is 0.462. The molecule has 0 radical (unpaired) electrons. The Hall–Kier alpha value is -1.18. The van der Waals surface area contributed by atoms with Gasteiger partial charge >= 0.3 is 0 Å². The lowest BCUT2D eigenvalue weighted by Gasteiger charge is -2.23. The first-order chi connectivity index (χ1) is 7.20. The van der Waals surface area contributed by atoms with Crippen molar-refractivity contribution in [2.75, 3.05) is 0 Å². The molecule has 1 aromatic carbocycles. The zero-order valence-electron chi connectivity index (χ0n) is 8.92. The van der Waals surface area contributed by atoms with Gasteiger partial charge in [0.05, 0.1) is 0 Å². The molecule has 0 aliphatic heterocycles. The van der Waals surface area contributed by atoms with E-state index < -0.39 is 0 Å². The summed E-state index contributed by atoms with van der Waals surface area (Å²) in [6, 6.07) is 4.57. The number of carbonyl (C=O) groups excluding carboxylic acids is 1. The summed E-state index contributed by atoms with van der Waals surface area (Å²) in [5, 5.41) is 0. The molecule has 1 unspecified atom stereocenters. The smallest absolute Gasteiger partial charge is 0.163 e. The monoisotopic (exact) mass is 206 g/mol. The predicted molar refractivity (Wildman–Crippen MR) is 57.4 cm³/mol. The molecular weight excluding hydrogens is 191 g/mol. The topological polar surface area (TPSA) is 17.1 Å². The number of halogens is 1. The van der Waals surface area contributed by atoms with Gasteiger partial charge in [0.15, 0.2) is 5.78 Å². The van der Waals surface area contributed by atoms with Crippen LogP contribution in [0.1, 0.15) is 42.1 Å². The van der Waals surface area contributed by atoms with Crippen LogP contribution < -0.4 is 0 Å². The molecule has 2 rings (SSSR count). The van der Waals surface area contributed by atoms with E-state index in [4.69, 9.17) is 0 Å². The van der Waals surface area contributed by atoms with E-state index >= 15 is 0 Å². The van der Waals surface area contributed by atoms with Gasteiger partial charge in [-0.2, -0.15) is 0 Å². The molecule has 0 fully saturated rings. The average Bonchev–Trinajstić information content (AvgIpc) is 2.20. The molecule has 0 spiro atoms. The van der Waals surface area contributed by atoms with E-state index in [1.54, 1.807) is 6.07 Å². The van der Waals surface area contributed by atoms with Crippen molar-refractivity contribution in [1.29, 1.82) is 0 Å². The summed E-state index contributed by atoms with van der Waals surface area (Å²) in [7, 11) is 0. The van der Waals surface area contributed by atoms with Crippen molar-refractivity contribution in [2.45, 2.75) is 32.6 Å². The van der Waals surface area contributed by atoms with Gasteiger partial charge in [0.25, 0.3) is 0 Å². The Morgan fingerprint density at radius 3 is 2.93 bits per heavy atom. The maximum absolute atomic E-state index is 13.0. The molecule has 1 atom stereocenters. The van der Waals surface area contributed by atoms with E-state index in [0.717, 1.165) is 24.8 Å². The van der Waals surface area contributed by atoms with Crippen LogP contribution in [0.2, 0.25) is 0 Å². The Bertz CT molecular complexity index is 384. The van der Waals surface area contributed by atoms with E-state index in [0.29, 0.717) is 17.9 Å². The first-order valence-electron chi connectivity index (χ1n) is 5.52. The highest BCUT2D eigenvalue weighted by atomic mass is 19.1. The van der Waals surface area contributed by atoms with Crippen LogP contribution in [0.3, 0.4) is 0 Å². The maximum Gasteiger partial charge on any atom is 0.163 e. The van der Waals surface area contributed by atoms with Gasteiger partial charge in [0.2, 0.25) is 0 Å². The van der Waals surface area contributed by atoms with Crippen molar-refractivity contribution in [3.05, 3.63) is 35.1 Å². The molecule has 1 aliphatic rings. The maximum atomic E-state index is 13.0. The highest BCUT2D eigenvalue weighted by Crippen LogP contribution is 2.28. The Labute approximate surface area is 89.3 Å². The third-order valence-electron chi connectivity index (χ3n) is 3.05. The van der Waals surface area contributed by atoms with Gasteiger partial charge in [-0.25, -0.2) is 4.39 Å². The third kappa shape index (κ3) is 2.09. The number of rotatable bonds is 2. The molecule has 0 saturated heterocycles. The number of hydrogen-bond donors (Lipinski definition) is 0. The molecule has 0 aromatic heterocycles. The molecule has 0 saturated carbocycles. The summed E-state index contributed by atoms with van der Waals surface area (Å²) in [5.74, 6) is 0.255. The molecule has 1 aliphatic carbocycles. The van der Waals surface area contributed by atoms with Gasteiger partial charge in [-0.15, -0.1) is 0 Å². The van der Waals surface area contributed by atoms with Crippen molar-refractivity contribution >= 4 is 5.78 Å². The van der Waals surface area contributed by atoms with Gasteiger partial charge in [-0.1, -0.05) is 19.4 Å². The number of ketones is 1. The van der Waals surface area contributed by atoms with Crippen LogP contribution in [0.15, 0.2) is 18.2 Å². The molecule has 0 N–H and O–H groups in total. The Morgan fingerprint density at radius 1 is 1.40 bits per heavy atom. The lowest BCUT2D eigenvalue weighted by molar-refractivity contribution is 0.0945. The number of benzene rings is 1. The highest BCUT2D eigenvalue weighted by molar-refractivity contribution is 5.98. The van der Waals surface area contributed by atoms with E-state index in [-0.39, 0.29) is 11.6 Å². The van der Waals surface area contributed by atoms with Gasteiger partial charge < -0.3 is 0 Å². The fourth-order valence-corrected chi connectivity index (χ4v) is 2.35. The van der Waals surface area contributed by atoms with Crippen LogP contribution in [0, 0.1) is 11.7 Å². The Morgan fingerprint density at radius 2 is 2.20 bits per heavy atom. The van der Waals surface area contributed by atoms with Gasteiger partial charge in [-0.05, 0) is 36.5 Å². The third-order valence-corrected chi connectivity index (χ3v) is 3.05. The summed E-state index contributed by atoms with van der Waals surface area (Å²) >= 11 is 0. The highest BCUT2D eigenvalue weighted by Gasteiger charge is 2.24. The minimum Gasteiger partial charge on any atom is -0.294 e. The zero-order chi connectivity index (χ0) is 10.8. The van der Waals surface area contributed by atoms with Crippen LogP contribution in [0.4, 0.5) is 4.39 Å². The second-order valence-electron chi connectivity index (χ2n) is 4.29. The van der Waals surface area contributed by atoms with Crippen LogP contribution in [-0.4, -0.2) is 5.78 Å². The Balaban J connectivity index is 2.28. The number of fused-ring (bicyclic) bond motifs is 1. The van der Waals surface area contributed by atoms with Crippen LogP contribution >= 0.6 is 0 Å². The average molecular weight is 206 g/mol. The molecule has 1 nitrogen and oxygen atoms in total. The largest absolute Gasteiger partial charge is 0.294 e. The number of Topliss-reactive ketones (excluding diaryl/α,β-unsaturated/α-hetero) is 1. The second-order valence-corrected chi connectivity index (χ2v) is 4.29. The normalized spacial score (nSPS) is 20.1. The zero-order valence-corrected chi connectivity index (χ0v) is 8.92. The van der Waals surface area contributed by atoms with Crippen molar-refractivity contribution in [1.82, 2.24) is 0 Å². The molecule has 1 aromatic rings. The van der Waals surface area contributed by atoms with Crippen molar-refractivity contribution in [3.63, 3.8) is 0 Å². The van der Waals surface area contributed by atoms with E-state index in [1.165, 1.54) is 12.1 Å². The van der Waals surface area contributed by atoms with E-state index in [1.807, 2.05) is 0 Å². The second kappa shape index (κ2) is 4.13. The van der Waals surface area contributed by atoms with Gasteiger partial charge in [-0.3, -0.25) is 4.79 Å². The minimum atomic E-state index is -0.309. The van der Waals surface area contributed by atoms with Crippen molar-refractivity contribution < 1.29 is 9.18 Å². The van der Waals surface area contributed by atoms with E-state index in [9.17, 15) is 9.18 Å². The summed E-state index contributed by atoms with van der Waals surface area (Å²) < 4.78 is 13.0. The first-order valence-corrected chi connectivity index (χ1v) is 5.52. The van der Waals surface area contributed by atoms with Gasteiger partial charge in [0, 0.05) is 12.0 Å². The molecule has 0 amide bonds. The van der Waals surface area contributed by atoms with Crippen LogP contribution in [0.25, 0.3) is 0 Å². The molecule has 2 heteroatoms. The lowest BCUT2D eigenvalue weighted by Crippen LogP contribution is -2.20. The Kier molecular flexibility index (Phi) is 2.85. The summed E-state index contributed by atoms with van der Waals surface area (Å²) in [6.45, 7) is 2.13. The standard InChI is InChI=1S/C13H15FO/c1-2-3-9-6-10-4-5-11(14)8-12(10)13(15)7-9/h4-5,8-9H,2-3,6-7H2,1H3. The van der Waals surface area contributed by atoms with Crippen LogP contribution in [-0.2, 0) is 6.42 Å². The minimum absolute atomic E-state index is 0.106. The summed E-state index contributed by atoms with van der Waals surface area (Å²) in [6.07, 6.45) is 3.70. The van der Waals surface area contributed by atoms with Gasteiger partial charge in [0.1, 0.15) is 5.82 Å². The van der Waals surface area contributed by atoms with E-state index in [2.05, 4.69) is 6.92 Å². The summed E-state index contributed by atoms with van der Waals surface area (Å²) in [4.78, 5) is 11.8.